The number of imidazole rings is 1. The van der Waals surface area contributed by atoms with Crippen LogP contribution in [0.2, 0.25) is 0 Å². The lowest BCUT2D eigenvalue weighted by atomic mass is 9.76. The van der Waals surface area contributed by atoms with Crippen molar-refractivity contribution in [2.45, 2.75) is 33.1 Å². The third-order valence-corrected chi connectivity index (χ3v) is 6.56. The number of aryl methyl sites for hydroxylation is 1. The first-order chi connectivity index (χ1) is 15.4. The van der Waals surface area contributed by atoms with E-state index in [0.29, 0.717) is 36.7 Å². The lowest BCUT2D eigenvalue weighted by Crippen LogP contribution is -2.44. The molecule has 2 aromatic heterocycles. The molecular weight excluding hydrogens is 407 g/mol. The van der Waals surface area contributed by atoms with Gasteiger partial charge in [-0.3, -0.25) is 9.78 Å². The number of nitrogens with two attached hydrogens (primary N) is 1. The van der Waals surface area contributed by atoms with Crippen LogP contribution in [0.25, 0.3) is 11.3 Å². The van der Waals surface area contributed by atoms with Crippen LogP contribution in [-0.2, 0) is 0 Å². The fourth-order valence-electron chi connectivity index (χ4n) is 4.32. The molecule has 168 valence electrons. The maximum Gasteiger partial charge on any atom is 0.291 e. The highest BCUT2D eigenvalue weighted by Gasteiger charge is 2.33. The van der Waals surface area contributed by atoms with Crippen molar-refractivity contribution in [1.82, 2.24) is 15.0 Å². The highest BCUT2D eigenvalue weighted by atomic mass is 19.1. The summed E-state index contributed by atoms with van der Waals surface area (Å²) in [5, 5.41) is 2.84. The number of H-pyrrole nitrogens is 1. The molecule has 7 nitrogen and oxygen atoms in total. The average molecular weight is 437 g/mol. The molecule has 0 spiro atoms. The molecule has 1 saturated heterocycles. The minimum atomic E-state index is -0.421. The Morgan fingerprint density at radius 1 is 1.28 bits per heavy atom. The number of para-hydroxylation sites is 1. The number of aromatic amines is 1. The highest BCUT2D eigenvalue weighted by molar-refractivity contribution is 6.04. The maximum absolute atomic E-state index is 14.9. The molecule has 3 heterocycles. The number of benzene rings is 1. The van der Waals surface area contributed by atoms with Crippen LogP contribution in [0.4, 0.5) is 15.8 Å². The Morgan fingerprint density at radius 3 is 2.75 bits per heavy atom. The van der Waals surface area contributed by atoms with Crippen molar-refractivity contribution in [2.24, 2.45) is 11.1 Å². The van der Waals surface area contributed by atoms with Gasteiger partial charge in [0.25, 0.3) is 5.91 Å². The third kappa shape index (κ3) is 4.36. The van der Waals surface area contributed by atoms with Gasteiger partial charge in [-0.05, 0) is 62.4 Å². The topological polar surface area (TPSA) is 99.9 Å². The van der Waals surface area contributed by atoms with Crippen LogP contribution < -0.4 is 16.0 Å². The number of hydrogen-bond donors (Lipinski definition) is 3. The van der Waals surface area contributed by atoms with Crippen molar-refractivity contribution in [3.63, 3.8) is 0 Å². The van der Waals surface area contributed by atoms with Gasteiger partial charge in [-0.1, -0.05) is 13.0 Å². The highest BCUT2D eigenvalue weighted by Crippen LogP contribution is 2.38. The van der Waals surface area contributed by atoms with Gasteiger partial charge in [-0.15, -0.1) is 0 Å². The number of carbonyl (C=O) groups is 1. The Bertz CT molecular complexity index is 1100. The summed E-state index contributed by atoms with van der Waals surface area (Å²) >= 11 is 0. The van der Waals surface area contributed by atoms with Gasteiger partial charge in [-0.2, -0.15) is 0 Å². The van der Waals surface area contributed by atoms with Crippen LogP contribution in [0.5, 0.6) is 0 Å². The smallest absolute Gasteiger partial charge is 0.291 e. The van der Waals surface area contributed by atoms with E-state index in [2.05, 4.69) is 27.2 Å². The predicted octanol–water partition coefficient (Wildman–Crippen LogP) is 4.13. The second-order valence-electron chi connectivity index (χ2n) is 8.47. The van der Waals surface area contributed by atoms with Gasteiger partial charge in [0.1, 0.15) is 5.82 Å². The zero-order valence-corrected chi connectivity index (χ0v) is 18.5. The van der Waals surface area contributed by atoms with E-state index in [0.717, 1.165) is 30.5 Å². The fourth-order valence-corrected chi connectivity index (χ4v) is 4.32. The van der Waals surface area contributed by atoms with E-state index in [9.17, 15) is 9.18 Å². The summed E-state index contributed by atoms with van der Waals surface area (Å²) < 4.78 is 14.9. The van der Waals surface area contributed by atoms with Crippen molar-refractivity contribution in [1.29, 1.82) is 0 Å². The van der Waals surface area contributed by atoms with E-state index in [4.69, 9.17) is 5.73 Å². The summed E-state index contributed by atoms with van der Waals surface area (Å²) in [6, 6.07) is 8.50. The summed E-state index contributed by atoms with van der Waals surface area (Å²) in [5.41, 5.74) is 9.45. The Balaban J connectivity index is 1.53. The number of anilines is 2. The van der Waals surface area contributed by atoms with E-state index in [1.165, 1.54) is 6.07 Å². The second-order valence-corrected chi connectivity index (χ2v) is 8.47. The van der Waals surface area contributed by atoms with Crippen molar-refractivity contribution in [3.05, 3.63) is 60.1 Å². The standard InChI is InChI=1S/C24H29FN6O/c1-3-24(15-26)8-11-31(12-9-24)21-18(25)5-4-6-19(21)30-23(32)22-28-14-20(29-22)17-7-10-27-16(2)13-17/h4-7,10,13-14H,3,8-9,11-12,15,26H2,1-2H3,(H,28,29)(H,30,32). The third-order valence-electron chi connectivity index (χ3n) is 6.56. The first kappa shape index (κ1) is 22.0. The molecule has 0 unspecified atom stereocenters. The lowest BCUT2D eigenvalue weighted by Gasteiger charge is -2.42. The lowest BCUT2D eigenvalue weighted by molar-refractivity contribution is 0.101. The molecule has 1 aliphatic rings. The number of aromatic nitrogens is 3. The van der Waals surface area contributed by atoms with Crippen molar-refractivity contribution >= 4 is 17.3 Å². The molecule has 1 aliphatic heterocycles. The summed E-state index contributed by atoms with van der Waals surface area (Å²) in [4.78, 5) is 26.3. The largest absolute Gasteiger partial charge is 0.367 e. The number of nitrogens with one attached hydrogen (secondary N) is 2. The summed E-state index contributed by atoms with van der Waals surface area (Å²) in [6.45, 7) is 6.08. The molecule has 0 aliphatic carbocycles. The summed E-state index contributed by atoms with van der Waals surface area (Å²) in [7, 11) is 0. The number of piperidine rings is 1. The molecule has 0 bridgehead atoms. The van der Waals surface area contributed by atoms with Gasteiger partial charge >= 0.3 is 0 Å². The molecule has 1 aromatic carbocycles. The monoisotopic (exact) mass is 436 g/mol. The van der Waals surface area contributed by atoms with Crippen molar-refractivity contribution < 1.29 is 9.18 Å². The first-order valence-electron chi connectivity index (χ1n) is 11.0. The SMILES string of the molecule is CCC1(CN)CCN(c2c(F)cccc2NC(=O)c2ncc(-c3ccnc(C)c3)[nH]2)CC1. The molecule has 0 saturated carbocycles. The predicted molar refractivity (Wildman–Crippen MR) is 124 cm³/mol. The van der Waals surface area contributed by atoms with Gasteiger partial charge in [-0.25, -0.2) is 9.37 Å². The molecular formula is C24H29FN6O. The number of nitrogens with zero attached hydrogens (tertiary/aromatic N) is 3. The number of amides is 1. The van der Waals surface area contributed by atoms with Crippen LogP contribution in [0.1, 0.15) is 42.5 Å². The number of halogens is 1. The van der Waals surface area contributed by atoms with E-state index in [1.807, 2.05) is 24.0 Å². The van der Waals surface area contributed by atoms with Gasteiger partial charge in [0.2, 0.25) is 0 Å². The number of carbonyl (C=O) groups excluding carboxylic acids is 1. The molecule has 4 rings (SSSR count). The van der Waals surface area contributed by atoms with Crippen LogP contribution in [0.15, 0.2) is 42.7 Å². The second kappa shape index (κ2) is 9.08. The zero-order valence-electron chi connectivity index (χ0n) is 18.5. The van der Waals surface area contributed by atoms with E-state index >= 15 is 0 Å². The Labute approximate surface area is 187 Å². The molecule has 0 atom stereocenters. The Kier molecular flexibility index (Phi) is 6.23. The molecule has 4 N–H and O–H groups in total. The summed E-state index contributed by atoms with van der Waals surface area (Å²) in [6.07, 6.45) is 6.12. The van der Waals surface area contributed by atoms with Crippen LogP contribution in [0.3, 0.4) is 0 Å². The van der Waals surface area contributed by atoms with Crippen LogP contribution in [-0.4, -0.2) is 40.5 Å². The van der Waals surface area contributed by atoms with Gasteiger partial charge in [0, 0.05) is 30.5 Å². The van der Waals surface area contributed by atoms with E-state index in [-0.39, 0.29) is 17.1 Å². The Morgan fingerprint density at radius 2 is 2.06 bits per heavy atom. The van der Waals surface area contributed by atoms with Gasteiger partial charge < -0.3 is 20.9 Å². The van der Waals surface area contributed by atoms with E-state index < -0.39 is 5.91 Å². The number of pyridine rings is 1. The minimum Gasteiger partial charge on any atom is -0.367 e. The minimum absolute atomic E-state index is 0.112. The van der Waals surface area contributed by atoms with Crippen molar-refractivity contribution in [2.75, 3.05) is 29.9 Å². The molecule has 8 heteroatoms. The Hall–Kier alpha value is -3.26. The van der Waals surface area contributed by atoms with Crippen molar-refractivity contribution in [3.8, 4) is 11.3 Å². The molecule has 1 amide bonds. The normalized spacial score (nSPS) is 15.6. The van der Waals surface area contributed by atoms with E-state index in [1.54, 1.807) is 24.5 Å². The number of hydrogen-bond acceptors (Lipinski definition) is 5. The quantitative estimate of drug-likeness (QED) is 0.540. The first-order valence-corrected chi connectivity index (χ1v) is 11.0. The van der Waals surface area contributed by atoms with Crippen LogP contribution >= 0.6 is 0 Å². The average Bonchev–Trinajstić information content (AvgIpc) is 3.30. The maximum atomic E-state index is 14.9. The molecule has 0 radical (unpaired) electrons. The fraction of sp³-hybridized carbons (Fsp3) is 0.375. The molecule has 32 heavy (non-hydrogen) atoms. The molecule has 1 fully saturated rings. The zero-order chi connectivity index (χ0) is 22.7. The summed E-state index contributed by atoms with van der Waals surface area (Å²) in [5.74, 6) is -0.612. The number of rotatable bonds is 6. The van der Waals surface area contributed by atoms with Crippen LogP contribution in [0, 0.1) is 18.2 Å². The van der Waals surface area contributed by atoms with Gasteiger partial charge in [0.05, 0.1) is 23.3 Å². The molecule has 3 aromatic rings. The van der Waals surface area contributed by atoms with Gasteiger partial charge in [0.15, 0.2) is 5.82 Å².